The molecule has 0 heterocycles. The van der Waals surface area contributed by atoms with Gasteiger partial charge >= 0.3 is 5.97 Å². The molecule has 0 atom stereocenters. The lowest BCUT2D eigenvalue weighted by Crippen LogP contribution is -2.16. The van der Waals surface area contributed by atoms with E-state index in [1.54, 1.807) is 0 Å². The van der Waals surface area contributed by atoms with Gasteiger partial charge in [0.15, 0.2) is 0 Å². The van der Waals surface area contributed by atoms with Crippen LogP contribution in [0.3, 0.4) is 0 Å². The van der Waals surface area contributed by atoms with E-state index in [9.17, 15) is 14.7 Å². The molecule has 0 spiro atoms. The number of hydrogen-bond donors (Lipinski definition) is 2. The Balaban J connectivity index is 0. The number of aliphatic hydroxyl groups excluding tert-OH is 1. The van der Waals surface area contributed by atoms with Crippen LogP contribution >= 0.6 is 0 Å². The van der Waals surface area contributed by atoms with E-state index < -0.39 is 0 Å². The maximum absolute atomic E-state index is 11.7. The van der Waals surface area contributed by atoms with Crippen LogP contribution in [-0.2, 0) is 14.3 Å². The molecule has 0 rings (SSSR count). The van der Waals surface area contributed by atoms with Crippen LogP contribution in [0.1, 0.15) is 233 Å². The van der Waals surface area contributed by atoms with Crippen LogP contribution in [0.15, 0.2) is 0 Å². The van der Waals surface area contributed by atoms with Crippen LogP contribution in [0.5, 0.6) is 0 Å². The van der Waals surface area contributed by atoms with E-state index in [1.807, 2.05) is 0 Å². The molecule has 0 aromatic rings. The highest BCUT2D eigenvalue weighted by Crippen LogP contribution is 2.14. The molecule has 0 aromatic carbocycles. The molecular weight excluding hydrogens is 582 g/mol. The Bertz CT molecular complexity index is 569. The molecule has 0 saturated heterocycles. The molecular formula is C42H85NO4. The van der Waals surface area contributed by atoms with Gasteiger partial charge in [0, 0.05) is 12.8 Å². The van der Waals surface area contributed by atoms with E-state index in [0.717, 1.165) is 64.3 Å². The van der Waals surface area contributed by atoms with Gasteiger partial charge in [-0.2, -0.15) is 0 Å². The van der Waals surface area contributed by atoms with Gasteiger partial charge in [-0.05, 0) is 58.0 Å². The Morgan fingerprint density at radius 2 is 0.915 bits per heavy atom. The predicted octanol–water partition coefficient (Wildman–Crippen LogP) is 12.6. The highest BCUT2D eigenvalue weighted by Gasteiger charge is 2.04. The number of carbonyl (C=O) groups excluding carboxylic acids is 2. The summed E-state index contributed by atoms with van der Waals surface area (Å²) in [6, 6.07) is 0. The molecule has 0 aliphatic heterocycles. The van der Waals surface area contributed by atoms with E-state index in [0.29, 0.717) is 13.0 Å². The fraction of sp³-hybridized carbons (Fsp3) is 0.952. The van der Waals surface area contributed by atoms with Gasteiger partial charge in [-0.15, -0.1) is 0 Å². The Morgan fingerprint density at radius 1 is 0.532 bits per heavy atom. The fourth-order valence-electron chi connectivity index (χ4n) is 5.96. The molecule has 2 N–H and O–H groups in total. The quantitative estimate of drug-likeness (QED) is 0.0389. The van der Waals surface area contributed by atoms with Gasteiger partial charge in [0.05, 0.1) is 12.7 Å². The second-order valence-electron chi connectivity index (χ2n) is 14.1. The molecule has 0 fully saturated rings. The third kappa shape index (κ3) is 47.2. The summed E-state index contributed by atoms with van der Waals surface area (Å²) in [5.41, 5.74) is 0. The monoisotopic (exact) mass is 668 g/mol. The number of hydrogen-bond acceptors (Lipinski definition) is 5. The summed E-state index contributed by atoms with van der Waals surface area (Å²) >= 11 is 0. The Labute approximate surface area is 294 Å². The van der Waals surface area contributed by atoms with Crippen LogP contribution in [0, 0.1) is 0 Å². The van der Waals surface area contributed by atoms with Crippen LogP contribution in [0.2, 0.25) is 0 Å². The van der Waals surface area contributed by atoms with E-state index in [-0.39, 0.29) is 12.1 Å². The Hall–Kier alpha value is -0.940. The fourth-order valence-corrected chi connectivity index (χ4v) is 5.96. The van der Waals surface area contributed by atoms with Crippen molar-refractivity contribution < 1.29 is 19.4 Å². The lowest BCUT2D eigenvalue weighted by atomic mass is 10.0. The van der Waals surface area contributed by atoms with Crippen LogP contribution in [0.4, 0.5) is 0 Å². The van der Waals surface area contributed by atoms with Gasteiger partial charge < -0.3 is 20.0 Å². The van der Waals surface area contributed by atoms with Crippen molar-refractivity contribution in [1.82, 2.24) is 5.32 Å². The Morgan fingerprint density at radius 3 is 1.38 bits per heavy atom. The number of rotatable bonds is 38. The second kappa shape index (κ2) is 45.1. The molecule has 0 unspecified atom stereocenters. The van der Waals surface area contributed by atoms with Gasteiger partial charge in [0.25, 0.3) is 0 Å². The summed E-state index contributed by atoms with van der Waals surface area (Å²) in [6.45, 7) is 9.57. The SMILES string of the molecule is CCCCCCCCC(O)CCCCCCCC.CCCCCCCCCOC(=O)CCCCCCCNCCCCCCCC=O. The first-order valence-electron chi connectivity index (χ1n) is 21.1. The van der Waals surface area contributed by atoms with E-state index in [4.69, 9.17) is 4.74 Å². The zero-order valence-electron chi connectivity index (χ0n) is 32.3. The summed E-state index contributed by atoms with van der Waals surface area (Å²) in [6.07, 6.45) is 40.8. The maximum Gasteiger partial charge on any atom is 0.305 e. The van der Waals surface area contributed by atoms with Gasteiger partial charge in [-0.1, -0.05) is 175 Å². The number of unbranched alkanes of at least 4 members (excludes halogenated alkanes) is 25. The normalized spacial score (nSPS) is 11.1. The third-order valence-electron chi connectivity index (χ3n) is 9.20. The predicted molar refractivity (Wildman–Crippen MR) is 205 cm³/mol. The molecule has 0 amide bonds. The van der Waals surface area contributed by atoms with Crippen molar-refractivity contribution in [2.75, 3.05) is 19.7 Å². The largest absolute Gasteiger partial charge is 0.466 e. The minimum atomic E-state index is -0.0256. The minimum Gasteiger partial charge on any atom is -0.466 e. The maximum atomic E-state index is 11.7. The number of carbonyl (C=O) groups is 2. The van der Waals surface area contributed by atoms with Gasteiger partial charge in [0.1, 0.15) is 6.29 Å². The number of aldehydes is 1. The van der Waals surface area contributed by atoms with E-state index in [1.165, 1.54) is 161 Å². The number of esters is 1. The molecule has 5 heteroatoms. The first-order chi connectivity index (χ1) is 23.1. The van der Waals surface area contributed by atoms with Crippen molar-refractivity contribution in [3.63, 3.8) is 0 Å². The van der Waals surface area contributed by atoms with Crippen molar-refractivity contribution in [3.8, 4) is 0 Å². The zero-order chi connectivity index (χ0) is 34.7. The molecule has 47 heavy (non-hydrogen) atoms. The number of nitrogens with one attached hydrogen (secondary N) is 1. The van der Waals surface area contributed by atoms with Crippen molar-refractivity contribution >= 4 is 12.3 Å². The zero-order valence-corrected chi connectivity index (χ0v) is 32.3. The summed E-state index contributed by atoms with van der Waals surface area (Å²) in [4.78, 5) is 21.9. The third-order valence-corrected chi connectivity index (χ3v) is 9.20. The molecule has 0 radical (unpaired) electrons. The second-order valence-corrected chi connectivity index (χ2v) is 14.1. The summed E-state index contributed by atoms with van der Waals surface area (Å²) in [7, 11) is 0. The lowest BCUT2D eigenvalue weighted by Gasteiger charge is -2.10. The minimum absolute atomic E-state index is 0.0104. The van der Waals surface area contributed by atoms with Gasteiger partial charge in [-0.3, -0.25) is 4.79 Å². The highest BCUT2D eigenvalue weighted by atomic mass is 16.5. The topological polar surface area (TPSA) is 75.6 Å². The standard InChI is InChI=1S/C25H49NO3.C17H36O/c1-2-3-4-5-8-14-19-24-29-25(28)20-15-10-9-12-17-22-26-21-16-11-6-7-13-18-23-27;1-3-5-7-9-11-13-15-17(18)16-14-12-10-8-6-4-2/h23,26H,2-22,24H2,1H3;17-18H,3-16H2,1-2H3. The first kappa shape index (κ1) is 48.2. The molecule has 0 aliphatic rings. The molecule has 0 saturated carbocycles. The lowest BCUT2D eigenvalue weighted by molar-refractivity contribution is -0.143. The van der Waals surface area contributed by atoms with E-state index in [2.05, 4.69) is 26.1 Å². The average molecular weight is 668 g/mol. The molecule has 282 valence electrons. The first-order valence-corrected chi connectivity index (χ1v) is 21.1. The van der Waals surface area contributed by atoms with Crippen molar-refractivity contribution in [2.45, 2.75) is 239 Å². The van der Waals surface area contributed by atoms with Crippen molar-refractivity contribution in [3.05, 3.63) is 0 Å². The molecule has 0 bridgehead atoms. The smallest absolute Gasteiger partial charge is 0.305 e. The summed E-state index contributed by atoms with van der Waals surface area (Å²) in [5, 5.41) is 13.4. The average Bonchev–Trinajstić information content (AvgIpc) is 3.07. The van der Waals surface area contributed by atoms with Crippen LogP contribution in [-0.4, -0.2) is 43.2 Å². The molecule has 0 aromatic heterocycles. The molecule has 5 nitrogen and oxygen atoms in total. The van der Waals surface area contributed by atoms with E-state index >= 15 is 0 Å². The van der Waals surface area contributed by atoms with Crippen molar-refractivity contribution in [1.29, 1.82) is 0 Å². The summed E-state index contributed by atoms with van der Waals surface area (Å²) < 4.78 is 5.32. The van der Waals surface area contributed by atoms with Crippen LogP contribution in [0.25, 0.3) is 0 Å². The van der Waals surface area contributed by atoms with Gasteiger partial charge in [-0.25, -0.2) is 0 Å². The number of ether oxygens (including phenoxy) is 1. The summed E-state index contributed by atoms with van der Waals surface area (Å²) in [5.74, 6) is -0.0104. The number of aliphatic hydroxyl groups is 1. The Kier molecular flexibility index (Phi) is 46.2. The van der Waals surface area contributed by atoms with Gasteiger partial charge in [0.2, 0.25) is 0 Å². The molecule has 0 aliphatic carbocycles. The van der Waals surface area contributed by atoms with Crippen molar-refractivity contribution in [2.24, 2.45) is 0 Å². The highest BCUT2D eigenvalue weighted by molar-refractivity contribution is 5.69. The van der Waals surface area contributed by atoms with Crippen LogP contribution < -0.4 is 5.32 Å².